The van der Waals surface area contributed by atoms with Crippen molar-refractivity contribution in [3.63, 3.8) is 0 Å². The molecule has 0 amide bonds. The van der Waals surface area contributed by atoms with Gasteiger partial charge in [-0.3, -0.25) is 0 Å². The largest absolute Gasteiger partial charge is 0.237 e. The summed E-state index contributed by atoms with van der Waals surface area (Å²) >= 11 is 0. The topological polar surface area (TPSA) is 37.0 Å². The highest BCUT2D eigenvalue weighted by Gasteiger charge is 2.29. The molecule has 0 atom stereocenters. The van der Waals surface area contributed by atoms with Gasteiger partial charge in [0, 0.05) is 5.56 Å². The summed E-state index contributed by atoms with van der Waals surface area (Å²) in [6, 6.07) is 22.7. The van der Waals surface area contributed by atoms with Crippen LogP contribution in [0.1, 0.15) is 11.1 Å². The van der Waals surface area contributed by atoms with E-state index in [1.807, 2.05) is 30.5 Å². The van der Waals surface area contributed by atoms with E-state index >= 15 is 0 Å². The van der Waals surface area contributed by atoms with Crippen LogP contribution < -0.4 is 4.68 Å². The Balaban J connectivity index is 1.71. The van der Waals surface area contributed by atoms with Gasteiger partial charge in [0.2, 0.25) is 11.9 Å². The van der Waals surface area contributed by atoms with Crippen LogP contribution in [-0.2, 0) is 6.54 Å². The quantitative estimate of drug-likeness (QED) is 0.331. The van der Waals surface area contributed by atoms with Crippen LogP contribution in [0.5, 0.6) is 0 Å². The van der Waals surface area contributed by atoms with Gasteiger partial charge in [-0.15, -0.1) is 9.36 Å². The van der Waals surface area contributed by atoms with E-state index < -0.39 is 0 Å². The number of nitrogens with zero attached hydrogens (tertiary/aromatic N) is 4. The molecular weight excluding hydrogens is 320 g/mol. The molecule has 0 aliphatic carbocycles. The second kappa shape index (κ2) is 5.31. The molecule has 0 spiro atoms. The zero-order chi connectivity index (χ0) is 17.7. The average molecular weight is 333 g/mol. The fourth-order valence-corrected chi connectivity index (χ4v) is 3.76. The molecule has 4 heteroatoms. The molecular formula is C22H13N4+. The lowest BCUT2D eigenvalue weighted by Gasteiger charge is -2.04. The van der Waals surface area contributed by atoms with Crippen LogP contribution in [-0.4, -0.2) is 4.68 Å². The molecule has 1 aliphatic heterocycles. The Labute approximate surface area is 150 Å². The van der Waals surface area contributed by atoms with E-state index in [1.54, 1.807) is 6.07 Å². The molecule has 2 heterocycles. The molecule has 4 nitrogen and oxygen atoms in total. The lowest BCUT2D eigenvalue weighted by molar-refractivity contribution is -0.749. The molecule has 1 aromatic heterocycles. The van der Waals surface area contributed by atoms with Crippen LogP contribution in [0, 0.1) is 17.9 Å². The van der Waals surface area contributed by atoms with Crippen LogP contribution >= 0.6 is 0 Å². The first-order chi connectivity index (χ1) is 12.8. The summed E-state index contributed by atoms with van der Waals surface area (Å²) in [6.45, 7) is 8.02. The summed E-state index contributed by atoms with van der Waals surface area (Å²) in [5, 5.41) is 10.3. The molecule has 4 aromatic rings. The van der Waals surface area contributed by atoms with Gasteiger partial charge in [0.25, 0.3) is 0 Å². The second-order valence-electron chi connectivity index (χ2n) is 6.36. The Bertz CT molecular complexity index is 1270. The number of hydrogen-bond donors (Lipinski definition) is 0. The standard InChI is InChI=1S/C22H13N4/c1-24-20-8-10-22-19(18(20)12-23)14-25-13-17-11-16(7-9-21(17)26(22)25)15-5-3-2-4-6-15/h2-11,14H,13H2/q+1. The van der Waals surface area contributed by atoms with Gasteiger partial charge >= 0.3 is 0 Å². The van der Waals surface area contributed by atoms with Crippen molar-refractivity contribution in [2.75, 3.05) is 0 Å². The predicted molar refractivity (Wildman–Crippen MR) is 99.0 cm³/mol. The van der Waals surface area contributed by atoms with Gasteiger partial charge in [-0.2, -0.15) is 5.26 Å². The van der Waals surface area contributed by atoms with Crippen molar-refractivity contribution in [1.82, 2.24) is 4.68 Å². The number of nitriles is 1. The predicted octanol–water partition coefficient (Wildman–Crippen LogP) is 4.37. The molecule has 1 aliphatic rings. The van der Waals surface area contributed by atoms with Crippen molar-refractivity contribution in [1.29, 1.82) is 5.26 Å². The van der Waals surface area contributed by atoms with Gasteiger partial charge in [-0.05, 0) is 29.3 Å². The molecule has 0 N–H and O–H groups in total. The minimum atomic E-state index is 0.407. The van der Waals surface area contributed by atoms with Gasteiger partial charge < -0.3 is 0 Å². The molecule has 26 heavy (non-hydrogen) atoms. The van der Waals surface area contributed by atoms with E-state index in [0.717, 1.165) is 23.1 Å². The van der Waals surface area contributed by atoms with Crippen LogP contribution in [0.2, 0.25) is 0 Å². The Morgan fingerprint density at radius 2 is 1.88 bits per heavy atom. The summed E-state index contributed by atoms with van der Waals surface area (Å²) < 4.78 is 4.24. The average Bonchev–Trinajstić information content (AvgIpc) is 3.22. The van der Waals surface area contributed by atoms with Crippen LogP contribution in [0.15, 0.2) is 66.9 Å². The summed E-state index contributed by atoms with van der Waals surface area (Å²) in [6.07, 6.45) is 1.98. The molecule has 0 saturated heterocycles. The Morgan fingerprint density at radius 3 is 2.65 bits per heavy atom. The smallest absolute Gasteiger partial charge is 0.205 e. The van der Waals surface area contributed by atoms with Crippen molar-refractivity contribution in [3.05, 3.63) is 89.4 Å². The monoisotopic (exact) mass is 333 g/mol. The van der Waals surface area contributed by atoms with Crippen molar-refractivity contribution in [3.8, 4) is 22.9 Å². The van der Waals surface area contributed by atoms with Gasteiger partial charge in [-0.25, -0.2) is 4.85 Å². The third-order valence-corrected chi connectivity index (χ3v) is 4.94. The number of benzene rings is 3. The first-order valence-electron chi connectivity index (χ1n) is 8.34. The lowest BCUT2D eigenvalue weighted by Crippen LogP contribution is -2.36. The van der Waals surface area contributed by atoms with E-state index in [9.17, 15) is 5.26 Å². The molecule has 0 saturated carbocycles. The van der Waals surface area contributed by atoms with Gasteiger partial charge in [0.15, 0.2) is 6.54 Å². The Hall–Kier alpha value is -3.89. The highest BCUT2D eigenvalue weighted by Crippen LogP contribution is 2.33. The maximum atomic E-state index is 9.48. The van der Waals surface area contributed by atoms with Gasteiger partial charge in [-0.1, -0.05) is 42.5 Å². The first kappa shape index (κ1) is 14.5. The minimum Gasteiger partial charge on any atom is -0.237 e. The zero-order valence-corrected chi connectivity index (χ0v) is 13.8. The molecule has 0 radical (unpaired) electrons. The van der Waals surface area contributed by atoms with E-state index in [0.29, 0.717) is 11.3 Å². The van der Waals surface area contributed by atoms with E-state index in [1.165, 1.54) is 16.7 Å². The molecule has 120 valence electrons. The van der Waals surface area contributed by atoms with E-state index in [4.69, 9.17) is 6.57 Å². The minimum absolute atomic E-state index is 0.407. The third kappa shape index (κ3) is 1.90. The normalized spacial score (nSPS) is 11.6. The number of rotatable bonds is 1. The molecule has 0 bridgehead atoms. The molecule has 0 fully saturated rings. The zero-order valence-electron chi connectivity index (χ0n) is 13.8. The van der Waals surface area contributed by atoms with Crippen LogP contribution in [0.3, 0.4) is 0 Å². The maximum Gasteiger partial charge on any atom is 0.205 e. The SMILES string of the molecule is [C-]#[N+]c1ccc2c(c[n+]3n2-c2ccc(-c4ccccc4)cc2C3)c1C#N. The first-order valence-corrected chi connectivity index (χ1v) is 8.34. The van der Waals surface area contributed by atoms with Crippen LogP contribution in [0.4, 0.5) is 5.69 Å². The van der Waals surface area contributed by atoms with Crippen molar-refractivity contribution < 1.29 is 4.68 Å². The third-order valence-electron chi connectivity index (χ3n) is 4.94. The van der Waals surface area contributed by atoms with Crippen molar-refractivity contribution in [2.45, 2.75) is 6.54 Å². The van der Waals surface area contributed by atoms with E-state index in [2.05, 4.69) is 50.6 Å². The molecule has 3 aromatic carbocycles. The number of aromatic nitrogens is 2. The number of fused-ring (bicyclic) bond motifs is 5. The Kier molecular flexibility index (Phi) is 2.95. The summed E-state index contributed by atoms with van der Waals surface area (Å²) in [5.74, 6) is 0. The fourth-order valence-electron chi connectivity index (χ4n) is 3.76. The fraction of sp³-hybridized carbons (Fsp3) is 0.0455. The number of hydrogen-bond acceptors (Lipinski definition) is 1. The van der Waals surface area contributed by atoms with Gasteiger partial charge in [0.1, 0.15) is 11.2 Å². The van der Waals surface area contributed by atoms with Crippen molar-refractivity contribution in [2.24, 2.45) is 0 Å². The highest BCUT2D eigenvalue weighted by molar-refractivity contribution is 5.91. The highest BCUT2D eigenvalue weighted by atomic mass is 15.4. The summed E-state index contributed by atoms with van der Waals surface area (Å²) in [5.41, 5.74) is 6.60. The summed E-state index contributed by atoms with van der Waals surface area (Å²) in [4.78, 5) is 3.47. The van der Waals surface area contributed by atoms with Crippen LogP contribution in [0.25, 0.3) is 32.6 Å². The van der Waals surface area contributed by atoms with Crippen molar-refractivity contribution >= 4 is 16.6 Å². The van der Waals surface area contributed by atoms with Gasteiger partial charge in [0.05, 0.1) is 23.6 Å². The molecule has 0 unspecified atom stereocenters. The second-order valence-corrected chi connectivity index (χ2v) is 6.36. The summed E-state index contributed by atoms with van der Waals surface area (Å²) in [7, 11) is 0. The Morgan fingerprint density at radius 1 is 1.04 bits per heavy atom. The van der Waals surface area contributed by atoms with E-state index in [-0.39, 0.29) is 0 Å². The lowest BCUT2D eigenvalue weighted by atomic mass is 10.0. The maximum absolute atomic E-state index is 9.48. The molecule has 5 rings (SSSR count).